The van der Waals surface area contributed by atoms with Crippen LogP contribution in [0.1, 0.15) is 0 Å². The van der Waals surface area contributed by atoms with E-state index in [1.54, 1.807) is 12.1 Å². The fourth-order valence-corrected chi connectivity index (χ4v) is 1.89. The molecule has 3 nitrogen and oxygen atoms in total. The number of aromatic nitrogens is 2. The topological polar surface area (TPSA) is 35.0 Å². The van der Waals surface area contributed by atoms with Crippen molar-refractivity contribution < 1.29 is 4.74 Å². The lowest BCUT2D eigenvalue weighted by Gasteiger charge is -2.06. The van der Waals surface area contributed by atoms with Crippen LogP contribution in [0.15, 0.2) is 35.1 Å². The van der Waals surface area contributed by atoms with Gasteiger partial charge in [-0.05, 0) is 18.2 Å². The van der Waals surface area contributed by atoms with Gasteiger partial charge in [0, 0.05) is 10.5 Å². The maximum absolute atomic E-state index is 5.99. The van der Waals surface area contributed by atoms with E-state index in [0.29, 0.717) is 21.8 Å². The van der Waals surface area contributed by atoms with E-state index in [0.717, 1.165) is 4.47 Å². The summed E-state index contributed by atoms with van der Waals surface area (Å²) in [5.41, 5.74) is 0. The van der Waals surface area contributed by atoms with Crippen LogP contribution in [0.25, 0.3) is 0 Å². The Kier molecular flexibility index (Phi) is 3.63. The quantitative estimate of drug-likeness (QED) is 0.772. The molecule has 1 aromatic heterocycles. The Hall–Kier alpha value is -0.840. The van der Waals surface area contributed by atoms with E-state index in [4.69, 9.17) is 27.9 Å². The van der Waals surface area contributed by atoms with Crippen molar-refractivity contribution in [1.29, 1.82) is 0 Å². The van der Waals surface area contributed by atoms with Crippen molar-refractivity contribution in [3.63, 3.8) is 0 Å². The summed E-state index contributed by atoms with van der Waals surface area (Å²) in [7, 11) is 0. The average Bonchev–Trinajstić information content (AvgIpc) is 2.22. The largest absolute Gasteiger partial charge is 0.437 e. The maximum atomic E-state index is 5.99. The molecule has 2 rings (SSSR count). The number of nitrogens with zero attached hydrogens (tertiary/aromatic N) is 2. The highest BCUT2D eigenvalue weighted by molar-refractivity contribution is 9.10. The molecule has 6 heteroatoms. The van der Waals surface area contributed by atoms with Crippen molar-refractivity contribution in [3.05, 3.63) is 45.2 Å². The minimum Gasteiger partial charge on any atom is -0.437 e. The molecule has 82 valence electrons. The Balaban J connectivity index is 2.27. The third-order valence-electron chi connectivity index (χ3n) is 1.72. The third-order valence-corrected chi connectivity index (χ3v) is 2.71. The highest BCUT2D eigenvalue weighted by Gasteiger charge is 2.05. The predicted octanol–water partition coefficient (Wildman–Crippen LogP) is 4.34. The van der Waals surface area contributed by atoms with Gasteiger partial charge in [-0.15, -0.1) is 0 Å². The summed E-state index contributed by atoms with van der Waals surface area (Å²) in [6.07, 6.45) is 1.32. The van der Waals surface area contributed by atoms with Gasteiger partial charge in [-0.3, -0.25) is 0 Å². The minimum atomic E-state index is 0.318. The highest BCUT2D eigenvalue weighted by Crippen LogP contribution is 2.31. The summed E-state index contributed by atoms with van der Waals surface area (Å²) in [5.74, 6) is 0.865. The number of hydrogen-bond acceptors (Lipinski definition) is 3. The first-order valence-corrected chi connectivity index (χ1v) is 5.80. The van der Waals surface area contributed by atoms with Gasteiger partial charge in [0.05, 0.1) is 5.02 Å². The molecule has 0 spiro atoms. The van der Waals surface area contributed by atoms with Crippen LogP contribution in [-0.2, 0) is 0 Å². The zero-order chi connectivity index (χ0) is 11.5. The van der Waals surface area contributed by atoms with Crippen molar-refractivity contribution in [2.45, 2.75) is 0 Å². The van der Waals surface area contributed by atoms with Crippen LogP contribution >= 0.6 is 39.1 Å². The average molecular weight is 320 g/mol. The van der Waals surface area contributed by atoms with Crippen molar-refractivity contribution in [3.8, 4) is 11.6 Å². The van der Waals surface area contributed by atoms with Crippen LogP contribution in [0.2, 0.25) is 10.2 Å². The van der Waals surface area contributed by atoms with Crippen molar-refractivity contribution in [1.82, 2.24) is 9.97 Å². The lowest BCUT2D eigenvalue weighted by molar-refractivity contribution is 0.461. The van der Waals surface area contributed by atoms with Gasteiger partial charge in [-0.1, -0.05) is 39.1 Å². The van der Waals surface area contributed by atoms with Crippen molar-refractivity contribution in [2.75, 3.05) is 0 Å². The van der Waals surface area contributed by atoms with Crippen LogP contribution in [0.5, 0.6) is 11.6 Å². The van der Waals surface area contributed by atoms with Gasteiger partial charge >= 0.3 is 0 Å². The summed E-state index contributed by atoms with van der Waals surface area (Å²) in [6.45, 7) is 0. The zero-order valence-corrected chi connectivity index (χ0v) is 10.9. The summed E-state index contributed by atoms with van der Waals surface area (Å²) in [6, 6.07) is 6.81. The van der Waals surface area contributed by atoms with Gasteiger partial charge in [0.1, 0.15) is 17.2 Å². The highest BCUT2D eigenvalue weighted by atomic mass is 79.9. The molecule has 0 fully saturated rings. The van der Waals surface area contributed by atoms with Crippen LogP contribution in [0, 0.1) is 0 Å². The number of benzene rings is 1. The Bertz CT molecular complexity index is 522. The number of ether oxygens (including phenoxy) is 1. The van der Waals surface area contributed by atoms with E-state index < -0.39 is 0 Å². The zero-order valence-electron chi connectivity index (χ0n) is 7.82. The van der Waals surface area contributed by atoms with E-state index in [2.05, 4.69) is 25.9 Å². The Morgan fingerprint density at radius 2 is 1.94 bits per heavy atom. The smallest absolute Gasteiger partial charge is 0.223 e. The molecule has 16 heavy (non-hydrogen) atoms. The molecule has 0 aliphatic heterocycles. The van der Waals surface area contributed by atoms with E-state index in [-0.39, 0.29) is 0 Å². The molecule has 0 amide bonds. The molecular weight excluding hydrogens is 315 g/mol. The van der Waals surface area contributed by atoms with Gasteiger partial charge in [0.15, 0.2) is 0 Å². The van der Waals surface area contributed by atoms with Crippen LogP contribution < -0.4 is 4.74 Å². The van der Waals surface area contributed by atoms with Gasteiger partial charge in [0.25, 0.3) is 0 Å². The van der Waals surface area contributed by atoms with E-state index in [1.807, 2.05) is 6.07 Å². The molecule has 0 aliphatic rings. The molecule has 0 radical (unpaired) electrons. The second-order valence-electron chi connectivity index (χ2n) is 2.86. The Labute approximate surface area is 111 Å². The molecule has 1 heterocycles. The molecule has 0 saturated carbocycles. The standard InChI is InChI=1S/C10H5BrCl2N2O/c11-6-1-2-8(7(12)3-6)16-10-4-9(13)14-5-15-10/h1-5H. The monoisotopic (exact) mass is 318 g/mol. The van der Waals surface area contributed by atoms with Crippen molar-refractivity contribution >= 4 is 39.1 Å². The summed E-state index contributed by atoms with van der Waals surface area (Å²) < 4.78 is 6.34. The van der Waals surface area contributed by atoms with Gasteiger partial charge in [-0.25, -0.2) is 9.97 Å². The number of halogens is 3. The van der Waals surface area contributed by atoms with E-state index in [1.165, 1.54) is 12.4 Å². The summed E-state index contributed by atoms with van der Waals surface area (Å²) >= 11 is 15.0. The molecule has 0 unspecified atom stereocenters. The number of hydrogen-bond donors (Lipinski definition) is 0. The minimum absolute atomic E-state index is 0.318. The van der Waals surface area contributed by atoms with E-state index in [9.17, 15) is 0 Å². The fourth-order valence-electron chi connectivity index (χ4n) is 1.04. The van der Waals surface area contributed by atoms with Gasteiger partial charge < -0.3 is 4.74 Å². The first-order chi connectivity index (χ1) is 7.65. The molecule has 0 aliphatic carbocycles. The summed E-state index contributed by atoms with van der Waals surface area (Å²) in [5, 5.41) is 0.808. The Morgan fingerprint density at radius 3 is 2.62 bits per heavy atom. The van der Waals surface area contributed by atoms with Gasteiger partial charge in [0.2, 0.25) is 5.88 Å². The van der Waals surface area contributed by atoms with Crippen LogP contribution in [0.4, 0.5) is 0 Å². The maximum Gasteiger partial charge on any atom is 0.223 e. The van der Waals surface area contributed by atoms with Crippen LogP contribution in [0.3, 0.4) is 0 Å². The molecule has 2 aromatic rings. The predicted molar refractivity (Wildman–Crippen MR) is 66.3 cm³/mol. The normalized spacial score (nSPS) is 10.2. The molecule has 1 aromatic carbocycles. The second kappa shape index (κ2) is 4.99. The van der Waals surface area contributed by atoms with Crippen molar-refractivity contribution in [2.24, 2.45) is 0 Å². The lowest BCUT2D eigenvalue weighted by Crippen LogP contribution is -1.89. The third kappa shape index (κ3) is 2.84. The molecule has 0 saturated heterocycles. The lowest BCUT2D eigenvalue weighted by atomic mass is 10.3. The fraction of sp³-hybridized carbons (Fsp3) is 0. The first kappa shape index (κ1) is 11.6. The second-order valence-corrected chi connectivity index (χ2v) is 4.57. The molecule has 0 bridgehead atoms. The van der Waals surface area contributed by atoms with E-state index >= 15 is 0 Å². The molecular formula is C10H5BrCl2N2O. The number of rotatable bonds is 2. The SMILES string of the molecule is Clc1cc(Oc2ccc(Br)cc2Cl)ncn1. The Morgan fingerprint density at radius 1 is 1.12 bits per heavy atom. The van der Waals surface area contributed by atoms with Crippen LogP contribution in [-0.4, -0.2) is 9.97 Å². The molecule has 0 N–H and O–H groups in total. The molecule has 0 atom stereocenters. The first-order valence-electron chi connectivity index (χ1n) is 4.25. The summed E-state index contributed by atoms with van der Waals surface area (Å²) in [4.78, 5) is 7.66. The van der Waals surface area contributed by atoms with Gasteiger partial charge in [-0.2, -0.15) is 0 Å².